The topological polar surface area (TPSA) is 20.2 Å². The van der Waals surface area contributed by atoms with Gasteiger partial charge in [0.1, 0.15) is 0 Å². The molecule has 64 valence electrons. The highest BCUT2D eigenvalue weighted by atomic mass is 16.3. The normalized spacial score (nSPS) is 45.8. The molecule has 0 spiro atoms. The van der Waals surface area contributed by atoms with E-state index in [1.807, 2.05) is 0 Å². The summed E-state index contributed by atoms with van der Waals surface area (Å²) in [5.41, 5.74) is -0.252. The second kappa shape index (κ2) is 2.48. The van der Waals surface area contributed by atoms with Crippen molar-refractivity contribution < 1.29 is 5.11 Å². The van der Waals surface area contributed by atoms with E-state index in [1.54, 1.807) is 0 Å². The first-order valence-corrected chi connectivity index (χ1v) is 4.96. The maximum absolute atomic E-state index is 10.3. The molecule has 0 bridgehead atoms. The average molecular weight is 154 g/mol. The van der Waals surface area contributed by atoms with E-state index in [0.717, 1.165) is 6.42 Å². The van der Waals surface area contributed by atoms with Gasteiger partial charge in [-0.1, -0.05) is 19.8 Å². The van der Waals surface area contributed by atoms with Crippen LogP contribution < -0.4 is 0 Å². The lowest BCUT2D eigenvalue weighted by molar-refractivity contribution is -0.0600. The molecule has 0 saturated heterocycles. The molecule has 1 heteroatoms. The monoisotopic (exact) mass is 154 g/mol. The first-order chi connectivity index (χ1) is 5.23. The standard InChI is InChI=1S/C10H18O/c1-8-4-2-3-7-10(8,11)9-5-6-9/h8-9,11H,2-7H2,1H3. The minimum Gasteiger partial charge on any atom is -0.389 e. The van der Waals surface area contributed by atoms with Crippen LogP contribution in [0.25, 0.3) is 0 Å². The molecule has 0 aromatic rings. The molecule has 2 saturated carbocycles. The molecule has 0 aliphatic heterocycles. The van der Waals surface area contributed by atoms with E-state index in [9.17, 15) is 5.11 Å². The van der Waals surface area contributed by atoms with Crippen molar-refractivity contribution in [3.05, 3.63) is 0 Å². The SMILES string of the molecule is CC1CCCCC1(O)C1CC1. The van der Waals surface area contributed by atoms with Crippen LogP contribution in [0.15, 0.2) is 0 Å². The predicted molar refractivity (Wildman–Crippen MR) is 45.3 cm³/mol. The summed E-state index contributed by atoms with van der Waals surface area (Å²) in [6.07, 6.45) is 7.45. The maximum Gasteiger partial charge on any atom is 0.0701 e. The molecule has 2 unspecified atom stereocenters. The Labute approximate surface area is 68.8 Å². The number of rotatable bonds is 1. The summed E-state index contributed by atoms with van der Waals surface area (Å²) in [6, 6.07) is 0. The minimum atomic E-state index is -0.252. The van der Waals surface area contributed by atoms with Gasteiger partial charge in [-0.15, -0.1) is 0 Å². The molecule has 0 radical (unpaired) electrons. The van der Waals surface area contributed by atoms with Crippen molar-refractivity contribution in [1.29, 1.82) is 0 Å². The van der Waals surface area contributed by atoms with Crippen LogP contribution in [0.5, 0.6) is 0 Å². The molecule has 0 amide bonds. The molecule has 2 aliphatic rings. The lowest BCUT2D eigenvalue weighted by Crippen LogP contribution is -2.41. The van der Waals surface area contributed by atoms with E-state index in [0.29, 0.717) is 11.8 Å². The van der Waals surface area contributed by atoms with Gasteiger partial charge in [-0.3, -0.25) is 0 Å². The van der Waals surface area contributed by atoms with E-state index in [-0.39, 0.29) is 5.60 Å². The Balaban J connectivity index is 2.06. The lowest BCUT2D eigenvalue weighted by atomic mass is 9.73. The highest BCUT2D eigenvalue weighted by Gasteiger charge is 2.47. The summed E-state index contributed by atoms with van der Waals surface area (Å²) < 4.78 is 0. The Morgan fingerprint density at radius 1 is 1.18 bits per heavy atom. The van der Waals surface area contributed by atoms with Gasteiger partial charge in [0, 0.05) is 0 Å². The lowest BCUT2D eigenvalue weighted by Gasteiger charge is -2.38. The Morgan fingerprint density at radius 3 is 2.45 bits per heavy atom. The minimum absolute atomic E-state index is 0.252. The number of aliphatic hydroxyl groups is 1. The molecule has 2 fully saturated rings. The highest BCUT2D eigenvalue weighted by Crippen LogP contribution is 2.49. The summed E-state index contributed by atoms with van der Waals surface area (Å²) in [4.78, 5) is 0. The summed E-state index contributed by atoms with van der Waals surface area (Å²) in [7, 11) is 0. The quantitative estimate of drug-likeness (QED) is 0.614. The van der Waals surface area contributed by atoms with Gasteiger partial charge in [0.2, 0.25) is 0 Å². The Bertz CT molecular complexity index is 151. The smallest absolute Gasteiger partial charge is 0.0701 e. The number of hydrogen-bond acceptors (Lipinski definition) is 1. The van der Waals surface area contributed by atoms with Crippen molar-refractivity contribution in [1.82, 2.24) is 0 Å². The first-order valence-electron chi connectivity index (χ1n) is 4.96. The van der Waals surface area contributed by atoms with Gasteiger partial charge in [-0.25, -0.2) is 0 Å². The van der Waals surface area contributed by atoms with Crippen molar-refractivity contribution in [3.8, 4) is 0 Å². The molecule has 1 nitrogen and oxygen atoms in total. The van der Waals surface area contributed by atoms with Crippen LogP contribution in [0, 0.1) is 11.8 Å². The summed E-state index contributed by atoms with van der Waals surface area (Å²) in [5, 5.41) is 10.3. The molecule has 2 rings (SSSR count). The van der Waals surface area contributed by atoms with E-state index >= 15 is 0 Å². The predicted octanol–water partition coefficient (Wildman–Crippen LogP) is 2.34. The Kier molecular flexibility index (Phi) is 1.71. The molecule has 0 aromatic carbocycles. The molecular formula is C10H18O. The molecule has 0 heterocycles. The largest absolute Gasteiger partial charge is 0.389 e. The third kappa shape index (κ3) is 1.20. The van der Waals surface area contributed by atoms with Crippen LogP contribution in [-0.4, -0.2) is 10.7 Å². The highest BCUT2D eigenvalue weighted by molar-refractivity contribution is 4.99. The molecule has 2 atom stereocenters. The van der Waals surface area contributed by atoms with E-state index in [4.69, 9.17) is 0 Å². The molecular weight excluding hydrogens is 136 g/mol. The average Bonchev–Trinajstić information content (AvgIpc) is 2.77. The van der Waals surface area contributed by atoms with Crippen LogP contribution in [0.2, 0.25) is 0 Å². The van der Waals surface area contributed by atoms with Crippen molar-refractivity contribution in [2.24, 2.45) is 11.8 Å². The van der Waals surface area contributed by atoms with E-state index < -0.39 is 0 Å². The van der Waals surface area contributed by atoms with E-state index in [2.05, 4.69) is 6.92 Å². The fourth-order valence-electron chi connectivity index (χ4n) is 2.54. The van der Waals surface area contributed by atoms with Crippen molar-refractivity contribution in [2.75, 3.05) is 0 Å². The zero-order chi connectivity index (χ0) is 7.90. The summed E-state index contributed by atoms with van der Waals surface area (Å²) in [5.74, 6) is 1.22. The molecule has 11 heavy (non-hydrogen) atoms. The van der Waals surface area contributed by atoms with Gasteiger partial charge in [0.05, 0.1) is 5.60 Å². The fourth-order valence-corrected chi connectivity index (χ4v) is 2.54. The molecule has 1 N–H and O–H groups in total. The first kappa shape index (κ1) is 7.60. The van der Waals surface area contributed by atoms with Crippen LogP contribution in [-0.2, 0) is 0 Å². The maximum atomic E-state index is 10.3. The zero-order valence-corrected chi connectivity index (χ0v) is 7.34. The van der Waals surface area contributed by atoms with Gasteiger partial charge in [0.15, 0.2) is 0 Å². The van der Waals surface area contributed by atoms with Crippen molar-refractivity contribution >= 4 is 0 Å². The van der Waals surface area contributed by atoms with Crippen LogP contribution in [0.1, 0.15) is 45.4 Å². The zero-order valence-electron chi connectivity index (χ0n) is 7.34. The van der Waals surface area contributed by atoms with Crippen molar-refractivity contribution in [2.45, 2.75) is 51.0 Å². The van der Waals surface area contributed by atoms with Crippen LogP contribution >= 0.6 is 0 Å². The van der Waals surface area contributed by atoms with Crippen molar-refractivity contribution in [3.63, 3.8) is 0 Å². The van der Waals surface area contributed by atoms with Crippen LogP contribution in [0.3, 0.4) is 0 Å². The van der Waals surface area contributed by atoms with Gasteiger partial charge in [-0.05, 0) is 37.5 Å². The third-order valence-electron chi connectivity index (χ3n) is 3.60. The van der Waals surface area contributed by atoms with Gasteiger partial charge in [-0.2, -0.15) is 0 Å². The van der Waals surface area contributed by atoms with Crippen LogP contribution in [0.4, 0.5) is 0 Å². The van der Waals surface area contributed by atoms with Gasteiger partial charge >= 0.3 is 0 Å². The van der Waals surface area contributed by atoms with Gasteiger partial charge < -0.3 is 5.11 Å². The fraction of sp³-hybridized carbons (Fsp3) is 1.00. The molecule has 0 aromatic heterocycles. The summed E-state index contributed by atoms with van der Waals surface area (Å²) in [6.45, 7) is 2.22. The Morgan fingerprint density at radius 2 is 1.91 bits per heavy atom. The molecule has 2 aliphatic carbocycles. The Hall–Kier alpha value is -0.0400. The van der Waals surface area contributed by atoms with Gasteiger partial charge in [0.25, 0.3) is 0 Å². The second-order valence-electron chi connectivity index (χ2n) is 4.41. The van der Waals surface area contributed by atoms with E-state index in [1.165, 1.54) is 32.1 Å². The third-order valence-corrected chi connectivity index (χ3v) is 3.60. The second-order valence-corrected chi connectivity index (χ2v) is 4.41. The number of hydrogen-bond donors (Lipinski definition) is 1. The summed E-state index contributed by atoms with van der Waals surface area (Å²) >= 11 is 0.